The van der Waals surface area contributed by atoms with Crippen LogP contribution in [0.2, 0.25) is 0 Å². The van der Waals surface area contributed by atoms with E-state index < -0.39 is 0 Å². The van der Waals surface area contributed by atoms with Crippen LogP contribution in [0.1, 0.15) is 11.3 Å². The predicted octanol–water partition coefficient (Wildman–Crippen LogP) is 2.72. The SMILES string of the molecule is Cc1ccc2ncnc(Nc3cnn(C)c3C)c2c1. The van der Waals surface area contributed by atoms with Gasteiger partial charge in [0.05, 0.1) is 23.1 Å². The maximum atomic E-state index is 4.33. The normalized spacial score (nSPS) is 10.9. The highest BCUT2D eigenvalue weighted by Gasteiger charge is 2.08. The van der Waals surface area contributed by atoms with E-state index in [4.69, 9.17) is 0 Å². The molecule has 96 valence electrons. The van der Waals surface area contributed by atoms with Crippen molar-refractivity contribution in [2.45, 2.75) is 13.8 Å². The van der Waals surface area contributed by atoms with Crippen molar-refractivity contribution in [3.05, 3.63) is 42.0 Å². The number of benzene rings is 1. The number of rotatable bonds is 2. The van der Waals surface area contributed by atoms with Crippen LogP contribution in [0, 0.1) is 13.8 Å². The first-order chi connectivity index (χ1) is 9.15. The second-order valence-corrected chi connectivity index (χ2v) is 4.64. The molecule has 5 heteroatoms. The van der Waals surface area contributed by atoms with Crippen molar-refractivity contribution in [2.24, 2.45) is 7.05 Å². The first-order valence-electron chi connectivity index (χ1n) is 6.12. The van der Waals surface area contributed by atoms with Crippen molar-refractivity contribution in [2.75, 3.05) is 5.32 Å². The first-order valence-corrected chi connectivity index (χ1v) is 6.12. The lowest BCUT2D eigenvalue weighted by molar-refractivity contribution is 0.740. The minimum Gasteiger partial charge on any atom is -0.337 e. The second kappa shape index (κ2) is 4.35. The highest BCUT2D eigenvalue weighted by Crippen LogP contribution is 2.25. The van der Waals surface area contributed by atoms with Gasteiger partial charge in [-0.05, 0) is 26.0 Å². The van der Waals surface area contributed by atoms with Crippen LogP contribution in [0.15, 0.2) is 30.7 Å². The second-order valence-electron chi connectivity index (χ2n) is 4.64. The van der Waals surface area contributed by atoms with Crippen LogP contribution in [0.5, 0.6) is 0 Å². The Balaban J connectivity index is 2.10. The number of aryl methyl sites for hydroxylation is 2. The molecule has 2 heterocycles. The summed E-state index contributed by atoms with van der Waals surface area (Å²) in [6, 6.07) is 6.14. The predicted molar refractivity (Wildman–Crippen MR) is 75.5 cm³/mol. The number of anilines is 2. The average Bonchev–Trinajstić information content (AvgIpc) is 2.71. The zero-order chi connectivity index (χ0) is 13.4. The quantitative estimate of drug-likeness (QED) is 0.763. The van der Waals surface area contributed by atoms with E-state index in [2.05, 4.69) is 39.4 Å². The Kier molecular flexibility index (Phi) is 2.67. The van der Waals surface area contributed by atoms with Crippen LogP contribution in [0.25, 0.3) is 10.9 Å². The van der Waals surface area contributed by atoms with Crippen LogP contribution in [-0.2, 0) is 7.05 Å². The molecule has 3 rings (SSSR count). The zero-order valence-corrected chi connectivity index (χ0v) is 11.2. The molecular formula is C14H15N5. The molecule has 0 saturated carbocycles. The van der Waals surface area contributed by atoms with Gasteiger partial charge in [0, 0.05) is 12.4 Å². The fourth-order valence-corrected chi connectivity index (χ4v) is 2.02. The Morgan fingerprint density at radius 2 is 2.00 bits per heavy atom. The van der Waals surface area contributed by atoms with Gasteiger partial charge in [0.25, 0.3) is 0 Å². The smallest absolute Gasteiger partial charge is 0.141 e. The highest BCUT2D eigenvalue weighted by atomic mass is 15.3. The fraction of sp³-hybridized carbons (Fsp3) is 0.214. The minimum atomic E-state index is 0.810. The highest BCUT2D eigenvalue weighted by molar-refractivity contribution is 5.91. The van der Waals surface area contributed by atoms with Crippen LogP contribution in [-0.4, -0.2) is 19.7 Å². The van der Waals surface area contributed by atoms with E-state index in [1.807, 2.05) is 24.7 Å². The van der Waals surface area contributed by atoms with Crippen molar-refractivity contribution in [1.29, 1.82) is 0 Å². The number of nitrogens with one attached hydrogen (secondary N) is 1. The summed E-state index contributed by atoms with van der Waals surface area (Å²) in [5.41, 5.74) is 4.15. The Hall–Kier alpha value is -2.43. The Morgan fingerprint density at radius 1 is 1.16 bits per heavy atom. The summed E-state index contributed by atoms with van der Waals surface area (Å²) in [6.07, 6.45) is 3.38. The lowest BCUT2D eigenvalue weighted by Crippen LogP contribution is -1.98. The number of hydrogen-bond donors (Lipinski definition) is 1. The molecule has 0 aliphatic heterocycles. The van der Waals surface area contributed by atoms with E-state index in [9.17, 15) is 0 Å². The van der Waals surface area contributed by atoms with Crippen molar-refractivity contribution in [3.8, 4) is 0 Å². The minimum absolute atomic E-state index is 0.810. The zero-order valence-electron chi connectivity index (χ0n) is 11.2. The van der Waals surface area contributed by atoms with Crippen molar-refractivity contribution >= 4 is 22.4 Å². The molecule has 0 amide bonds. The molecule has 1 aromatic carbocycles. The van der Waals surface area contributed by atoms with Crippen LogP contribution in [0.4, 0.5) is 11.5 Å². The third kappa shape index (κ3) is 2.03. The van der Waals surface area contributed by atoms with Crippen molar-refractivity contribution in [1.82, 2.24) is 19.7 Å². The third-order valence-electron chi connectivity index (χ3n) is 3.28. The molecule has 0 bridgehead atoms. The number of aromatic nitrogens is 4. The monoisotopic (exact) mass is 253 g/mol. The maximum absolute atomic E-state index is 4.33. The largest absolute Gasteiger partial charge is 0.337 e. The lowest BCUT2D eigenvalue weighted by atomic mass is 10.1. The van der Waals surface area contributed by atoms with Gasteiger partial charge in [-0.2, -0.15) is 5.10 Å². The molecule has 3 aromatic rings. The average molecular weight is 253 g/mol. The molecule has 0 aliphatic carbocycles. The van der Waals surface area contributed by atoms with E-state index >= 15 is 0 Å². The van der Waals surface area contributed by atoms with Gasteiger partial charge < -0.3 is 5.32 Å². The molecular weight excluding hydrogens is 238 g/mol. The lowest BCUT2D eigenvalue weighted by Gasteiger charge is -2.08. The molecule has 0 fully saturated rings. The van der Waals surface area contributed by atoms with Gasteiger partial charge >= 0.3 is 0 Å². The van der Waals surface area contributed by atoms with E-state index in [1.165, 1.54) is 5.56 Å². The Bertz CT molecular complexity index is 745. The number of fused-ring (bicyclic) bond motifs is 1. The Morgan fingerprint density at radius 3 is 2.74 bits per heavy atom. The van der Waals surface area contributed by atoms with Crippen molar-refractivity contribution < 1.29 is 0 Å². The maximum Gasteiger partial charge on any atom is 0.141 e. The van der Waals surface area contributed by atoms with Gasteiger partial charge in [0.2, 0.25) is 0 Å². The van der Waals surface area contributed by atoms with Gasteiger partial charge in [-0.1, -0.05) is 11.6 Å². The van der Waals surface area contributed by atoms with Crippen LogP contribution in [0.3, 0.4) is 0 Å². The van der Waals surface area contributed by atoms with Crippen molar-refractivity contribution in [3.63, 3.8) is 0 Å². The van der Waals surface area contributed by atoms with Gasteiger partial charge in [-0.15, -0.1) is 0 Å². The molecule has 0 spiro atoms. The number of hydrogen-bond acceptors (Lipinski definition) is 4. The fourth-order valence-electron chi connectivity index (χ4n) is 2.02. The van der Waals surface area contributed by atoms with Crippen LogP contribution < -0.4 is 5.32 Å². The van der Waals surface area contributed by atoms with Crippen LogP contribution >= 0.6 is 0 Å². The molecule has 0 atom stereocenters. The Labute approximate surface area is 111 Å². The summed E-state index contributed by atoms with van der Waals surface area (Å²) in [4.78, 5) is 8.61. The molecule has 0 saturated heterocycles. The molecule has 0 unspecified atom stereocenters. The number of nitrogens with zero attached hydrogens (tertiary/aromatic N) is 4. The van der Waals surface area contributed by atoms with Gasteiger partial charge in [-0.3, -0.25) is 4.68 Å². The summed E-state index contributed by atoms with van der Waals surface area (Å²) < 4.78 is 1.83. The standard InChI is InChI=1S/C14H15N5/c1-9-4-5-12-11(6-9)14(16-8-15-12)18-13-7-17-19(3)10(13)2/h4-8H,1-3H3,(H,15,16,18). The van der Waals surface area contributed by atoms with E-state index in [0.717, 1.165) is 28.1 Å². The molecule has 1 N–H and O–H groups in total. The van der Waals surface area contributed by atoms with E-state index in [-0.39, 0.29) is 0 Å². The first kappa shape index (κ1) is 11.6. The molecule has 5 nitrogen and oxygen atoms in total. The van der Waals surface area contributed by atoms with E-state index in [0.29, 0.717) is 0 Å². The van der Waals surface area contributed by atoms with Gasteiger partial charge in [0.1, 0.15) is 12.1 Å². The molecule has 0 aliphatic rings. The molecule has 19 heavy (non-hydrogen) atoms. The summed E-state index contributed by atoms with van der Waals surface area (Å²) in [7, 11) is 1.92. The topological polar surface area (TPSA) is 55.6 Å². The summed E-state index contributed by atoms with van der Waals surface area (Å²) in [5.74, 6) is 0.810. The summed E-state index contributed by atoms with van der Waals surface area (Å²) in [6.45, 7) is 4.08. The van der Waals surface area contributed by atoms with Gasteiger partial charge in [-0.25, -0.2) is 9.97 Å². The van der Waals surface area contributed by atoms with Gasteiger partial charge in [0.15, 0.2) is 0 Å². The molecule has 2 aromatic heterocycles. The summed E-state index contributed by atoms with van der Waals surface area (Å²) in [5, 5.41) is 8.57. The summed E-state index contributed by atoms with van der Waals surface area (Å²) >= 11 is 0. The van der Waals surface area contributed by atoms with E-state index in [1.54, 1.807) is 12.5 Å². The molecule has 0 radical (unpaired) electrons. The third-order valence-corrected chi connectivity index (χ3v) is 3.28.